The number of esters is 1. The van der Waals surface area contributed by atoms with Gasteiger partial charge in [0.2, 0.25) is 0 Å². The topological polar surface area (TPSA) is 35.5 Å². The number of rotatable bonds is 4. The Morgan fingerprint density at radius 2 is 1.73 bits per heavy atom. The molecule has 0 unspecified atom stereocenters. The predicted octanol–water partition coefficient (Wildman–Crippen LogP) is 4.91. The molecule has 2 saturated carbocycles. The summed E-state index contributed by atoms with van der Waals surface area (Å²) >= 11 is 0. The third-order valence-corrected chi connectivity index (χ3v) is 10.8. The van der Waals surface area contributed by atoms with Crippen molar-refractivity contribution in [1.82, 2.24) is 0 Å². The summed E-state index contributed by atoms with van der Waals surface area (Å²) in [5.74, 6) is 0.164. The van der Waals surface area contributed by atoms with E-state index in [0.29, 0.717) is 18.1 Å². The summed E-state index contributed by atoms with van der Waals surface area (Å²) in [7, 11) is -1.63. The van der Waals surface area contributed by atoms with Crippen LogP contribution in [0.2, 0.25) is 18.1 Å². The van der Waals surface area contributed by atoms with Crippen LogP contribution in [0.25, 0.3) is 0 Å². The molecule has 22 heavy (non-hydrogen) atoms. The van der Waals surface area contributed by atoms with Crippen molar-refractivity contribution in [2.24, 2.45) is 11.3 Å². The zero-order valence-electron chi connectivity index (χ0n) is 15.3. The number of carbonyl (C=O) groups excluding carboxylic acids is 1. The molecule has 0 aromatic rings. The van der Waals surface area contributed by atoms with Gasteiger partial charge in [-0.25, -0.2) is 0 Å². The Labute approximate surface area is 137 Å². The molecule has 2 aliphatic rings. The van der Waals surface area contributed by atoms with Gasteiger partial charge in [0.25, 0.3) is 0 Å². The van der Waals surface area contributed by atoms with E-state index in [4.69, 9.17) is 9.16 Å². The predicted molar refractivity (Wildman–Crippen MR) is 92.3 cm³/mol. The van der Waals surface area contributed by atoms with E-state index in [0.717, 1.165) is 12.8 Å². The van der Waals surface area contributed by atoms with Gasteiger partial charge in [0.15, 0.2) is 8.32 Å². The zero-order chi connectivity index (χ0) is 16.6. The molecule has 3 nitrogen and oxygen atoms in total. The molecular formula is C18H34O3Si. The Morgan fingerprint density at radius 3 is 2.18 bits per heavy atom. The fourth-order valence-electron chi connectivity index (χ4n) is 3.72. The molecule has 0 bridgehead atoms. The average molecular weight is 327 g/mol. The van der Waals surface area contributed by atoms with Gasteiger partial charge in [0.1, 0.15) is 0 Å². The van der Waals surface area contributed by atoms with Crippen molar-refractivity contribution in [3.63, 3.8) is 0 Å². The summed E-state index contributed by atoms with van der Waals surface area (Å²) in [6.45, 7) is 14.0. The standard InChI is InChI=1S/C18H34O3Si/c1-7-20-16(19)14-8-10-18(11-9-14)12-15(13-18)21-22(5,6)17(2,3)4/h14-15H,7-13H2,1-6H3. The first-order valence-electron chi connectivity index (χ1n) is 8.93. The maximum absolute atomic E-state index is 11.8. The molecule has 4 heteroatoms. The molecule has 0 aliphatic heterocycles. The lowest BCUT2D eigenvalue weighted by Crippen LogP contribution is -2.52. The monoisotopic (exact) mass is 326 g/mol. The van der Waals surface area contributed by atoms with Crippen molar-refractivity contribution >= 4 is 14.3 Å². The molecule has 2 aliphatic carbocycles. The van der Waals surface area contributed by atoms with Crippen LogP contribution in [-0.4, -0.2) is 27.0 Å². The van der Waals surface area contributed by atoms with Gasteiger partial charge in [-0.15, -0.1) is 0 Å². The minimum Gasteiger partial charge on any atom is -0.466 e. The SMILES string of the molecule is CCOC(=O)C1CCC2(CC1)CC(O[Si](C)(C)C(C)(C)C)C2. The van der Waals surface area contributed by atoms with Gasteiger partial charge in [0.05, 0.1) is 12.5 Å². The third kappa shape index (κ3) is 3.76. The van der Waals surface area contributed by atoms with Crippen molar-refractivity contribution in [2.75, 3.05) is 6.61 Å². The van der Waals surface area contributed by atoms with Gasteiger partial charge in [-0.3, -0.25) is 4.79 Å². The number of ether oxygens (including phenoxy) is 1. The summed E-state index contributed by atoms with van der Waals surface area (Å²) in [5, 5.41) is 0.289. The van der Waals surface area contributed by atoms with Gasteiger partial charge in [0, 0.05) is 6.10 Å². The molecule has 1 spiro atoms. The highest BCUT2D eigenvalue weighted by Gasteiger charge is 2.50. The first-order valence-corrected chi connectivity index (χ1v) is 11.8. The Kier molecular flexibility index (Phi) is 5.13. The highest BCUT2D eigenvalue weighted by atomic mass is 28.4. The Balaban J connectivity index is 1.79. The van der Waals surface area contributed by atoms with E-state index in [9.17, 15) is 4.79 Å². The first-order chi connectivity index (χ1) is 10.1. The van der Waals surface area contributed by atoms with E-state index in [2.05, 4.69) is 33.9 Å². The second kappa shape index (κ2) is 6.27. The number of hydrogen-bond donors (Lipinski definition) is 0. The van der Waals surface area contributed by atoms with Gasteiger partial charge >= 0.3 is 5.97 Å². The van der Waals surface area contributed by atoms with Crippen LogP contribution >= 0.6 is 0 Å². The van der Waals surface area contributed by atoms with E-state index >= 15 is 0 Å². The lowest BCUT2D eigenvalue weighted by molar-refractivity contribution is -0.151. The molecule has 0 amide bonds. The molecule has 0 saturated heterocycles. The van der Waals surface area contributed by atoms with Crippen molar-refractivity contribution in [3.8, 4) is 0 Å². The first kappa shape index (κ1) is 18.0. The molecule has 0 heterocycles. The molecular weight excluding hydrogens is 292 g/mol. The molecule has 128 valence electrons. The molecule has 2 rings (SSSR count). The van der Waals surface area contributed by atoms with Crippen molar-refractivity contribution < 1.29 is 14.0 Å². The zero-order valence-corrected chi connectivity index (χ0v) is 16.3. The van der Waals surface area contributed by atoms with Crippen LogP contribution in [0, 0.1) is 11.3 Å². The minimum atomic E-state index is -1.63. The minimum absolute atomic E-state index is 0.0192. The molecule has 0 atom stereocenters. The largest absolute Gasteiger partial charge is 0.466 e. The Hall–Kier alpha value is -0.353. The molecule has 2 fully saturated rings. The number of hydrogen-bond acceptors (Lipinski definition) is 3. The average Bonchev–Trinajstić information content (AvgIpc) is 2.36. The van der Waals surface area contributed by atoms with Crippen molar-refractivity contribution in [3.05, 3.63) is 0 Å². The summed E-state index contributed by atoms with van der Waals surface area (Å²) in [6.07, 6.45) is 7.23. The van der Waals surface area contributed by atoms with Gasteiger partial charge in [-0.2, -0.15) is 0 Å². The van der Waals surface area contributed by atoms with E-state index in [1.54, 1.807) is 0 Å². The van der Waals surface area contributed by atoms with Crippen LogP contribution in [0.3, 0.4) is 0 Å². The van der Waals surface area contributed by atoms with E-state index in [-0.39, 0.29) is 16.9 Å². The molecule has 0 N–H and O–H groups in total. The highest BCUT2D eigenvalue weighted by Crippen LogP contribution is 2.55. The normalized spacial score (nSPS) is 32.6. The van der Waals surface area contributed by atoms with Crippen LogP contribution in [-0.2, 0) is 14.0 Å². The lowest BCUT2D eigenvalue weighted by atomic mass is 9.58. The summed E-state index contributed by atoms with van der Waals surface area (Å²) in [4.78, 5) is 11.8. The summed E-state index contributed by atoms with van der Waals surface area (Å²) in [5.41, 5.74) is 0.468. The fourth-order valence-corrected chi connectivity index (χ4v) is 5.07. The quantitative estimate of drug-likeness (QED) is 0.544. The second-order valence-electron chi connectivity index (χ2n) is 8.93. The maximum Gasteiger partial charge on any atom is 0.308 e. The summed E-state index contributed by atoms with van der Waals surface area (Å²) in [6, 6.07) is 0. The lowest BCUT2D eigenvalue weighted by Gasteiger charge is -2.54. The van der Waals surface area contributed by atoms with Gasteiger partial charge < -0.3 is 9.16 Å². The van der Waals surface area contributed by atoms with E-state index in [1.165, 1.54) is 25.7 Å². The van der Waals surface area contributed by atoms with Crippen molar-refractivity contribution in [2.45, 2.75) is 90.5 Å². The molecule has 0 aromatic carbocycles. The molecule has 0 radical (unpaired) electrons. The third-order valence-electron chi connectivity index (χ3n) is 6.26. The van der Waals surface area contributed by atoms with Crippen LogP contribution < -0.4 is 0 Å². The smallest absolute Gasteiger partial charge is 0.308 e. The van der Waals surface area contributed by atoms with E-state index in [1.807, 2.05) is 6.92 Å². The highest BCUT2D eigenvalue weighted by molar-refractivity contribution is 6.74. The number of carbonyl (C=O) groups is 1. The van der Waals surface area contributed by atoms with Gasteiger partial charge in [-0.05, 0) is 69.0 Å². The van der Waals surface area contributed by atoms with Crippen LogP contribution in [0.4, 0.5) is 0 Å². The summed E-state index contributed by atoms with van der Waals surface area (Å²) < 4.78 is 11.7. The maximum atomic E-state index is 11.8. The van der Waals surface area contributed by atoms with Crippen LogP contribution in [0.1, 0.15) is 66.2 Å². The van der Waals surface area contributed by atoms with E-state index < -0.39 is 8.32 Å². The Morgan fingerprint density at radius 1 is 1.18 bits per heavy atom. The fraction of sp³-hybridized carbons (Fsp3) is 0.944. The second-order valence-corrected chi connectivity index (χ2v) is 13.7. The van der Waals surface area contributed by atoms with Crippen LogP contribution in [0.15, 0.2) is 0 Å². The van der Waals surface area contributed by atoms with Crippen LogP contribution in [0.5, 0.6) is 0 Å². The Bertz CT molecular complexity index is 395. The van der Waals surface area contributed by atoms with Gasteiger partial charge in [-0.1, -0.05) is 20.8 Å². The molecule has 0 aromatic heterocycles. The van der Waals surface area contributed by atoms with Crippen molar-refractivity contribution in [1.29, 1.82) is 0 Å².